The summed E-state index contributed by atoms with van der Waals surface area (Å²) in [6.45, 7) is 2.06. The number of nitrogens with one attached hydrogen (secondary N) is 1. The molecule has 0 radical (unpaired) electrons. The fourth-order valence-electron chi connectivity index (χ4n) is 3.92. The Kier molecular flexibility index (Phi) is 7.78. The Morgan fingerprint density at radius 3 is 2.30 bits per heavy atom. The molecule has 1 fully saturated rings. The van der Waals surface area contributed by atoms with Crippen LogP contribution in [-0.2, 0) is 10.0 Å². The van der Waals surface area contributed by atoms with Crippen molar-refractivity contribution in [2.24, 2.45) is 0 Å². The Morgan fingerprint density at radius 2 is 1.67 bits per heavy atom. The van der Waals surface area contributed by atoms with Crippen LogP contribution in [0, 0.1) is 0 Å². The number of nitrogens with zero attached hydrogens (tertiary/aromatic N) is 1. The normalized spacial score (nSPS) is 15.8. The minimum Gasteiger partial charge on any atom is -0.349 e. The molecule has 1 amide bonds. The lowest BCUT2D eigenvalue weighted by molar-refractivity contribution is 0.0930. The molecule has 162 valence electrons. The standard InChI is InChI=1S/C23H29ClN2O3S/c1-2-26(19-13-9-6-10-14-19)30(28,29)20-15-16-22(24)21(17-20)23(27)25-18-11-7-4-3-5-8-12-18/h6,9-10,13-18H,2-5,7-8,11-12H2,1H3,(H,25,27). The molecule has 5 nitrogen and oxygen atoms in total. The summed E-state index contributed by atoms with van der Waals surface area (Å²) in [6.07, 6.45) is 7.70. The van der Waals surface area contributed by atoms with E-state index in [1.54, 1.807) is 31.2 Å². The van der Waals surface area contributed by atoms with E-state index in [9.17, 15) is 13.2 Å². The molecule has 1 saturated carbocycles. The Hall–Kier alpha value is -2.05. The molecule has 1 aliphatic rings. The second-order valence-corrected chi connectivity index (χ2v) is 9.93. The van der Waals surface area contributed by atoms with E-state index in [-0.39, 0.29) is 34.0 Å². The van der Waals surface area contributed by atoms with Crippen molar-refractivity contribution >= 4 is 33.2 Å². The maximum absolute atomic E-state index is 13.3. The maximum Gasteiger partial charge on any atom is 0.264 e. The van der Waals surface area contributed by atoms with Crippen molar-refractivity contribution in [3.8, 4) is 0 Å². The first-order valence-corrected chi connectivity index (χ1v) is 12.4. The van der Waals surface area contributed by atoms with E-state index in [1.165, 1.54) is 41.8 Å². The summed E-state index contributed by atoms with van der Waals surface area (Å²) in [4.78, 5) is 13.0. The zero-order valence-electron chi connectivity index (χ0n) is 17.3. The van der Waals surface area contributed by atoms with Gasteiger partial charge in [-0.1, -0.05) is 61.9 Å². The number of rotatable bonds is 6. The predicted octanol–water partition coefficient (Wildman–Crippen LogP) is 5.40. The molecule has 30 heavy (non-hydrogen) atoms. The van der Waals surface area contributed by atoms with Crippen molar-refractivity contribution in [2.75, 3.05) is 10.8 Å². The van der Waals surface area contributed by atoms with Gasteiger partial charge < -0.3 is 5.32 Å². The van der Waals surface area contributed by atoms with Crippen LogP contribution in [0.25, 0.3) is 0 Å². The molecule has 2 aromatic carbocycles. The lowest BCUT2D eigenvalue weighted by atomic mass is 9.96. The minimum absolute atomic E-state index is 0.0559. The van der Waals surface area contributed by atoms with Crippen LogP contribution >= 0.6 is 11.6 Å². The number of hydrogen-bond acceptors (Lipinski definition) is 3. The van der Waals surface area contributed by atoms with Gasteiger partial charge in [-0.15, -0.1) is 0 Å². The van der Waals surface area contributed by atoms with Gasteiger partial charge in [-0.25, -0.2) is 8.42 Å². The highest BCUT2D eigenvalue weighted by molar-refractivity contribution is 7.92. The Morgan fingerprint density at radius 1 is 1.03 bits per heavy atom. The smallest absolute Gasteiger partial charge is 0.264 e. The Labute approximate surface area is 184 Å². The zero-order valence-corrected chi connectivity index (χ0v) is 18.9. The van der Waals surface area contributed by atoms with Crippen LogP contribution in [-0.4, -0.2) is 26.9 Å². The first-order chi connectivity index (χ1) is 14.4. The summed E-state index contributed by atoms with van der Waals surface area (Å²) in [5.74, 6) is -0.314. The van der Waals surface area contributed by atoms with Crippen LogP contribution in [0.3, 0.4) is 0 Å². The van der Waals surface area contributed by atoms with E-state index < -0.39 is 10.0 Å². The van der Waals surface area contributed by atoms with E-state index in [4.69, 9.17) is 11.6 Å². The van der Waals surface area contributed by atoms with Crippen molar-refractivity contribution in [2.45, 2.75) is 62.8 Å². The SMILES string of the molecule is CCN(c1ccccc1)S(=O)(=O)c1ccc(Cl)c(C(=O)NC2CCCCCCC2)c1. The number of sulfonamides is 1. The number of anilines is 1. The Bertz CT molecular complexity index is 956. The lowest BCUT2D eigenvalue weighted by Crippen LogP contribution is -2.35. The zero-order chi connectivity index (χ0) is 21.6. The summed E-state index contributed by atoms with van der Waals surface area (Å²) < 4.78 is 27.9. The number of benzene rings is 2. The van der Waals surface area contributed by atoms with Gasteiger partial charge in [-0.3, -0.25) is 9.10 Å². The number of amides is 1. The molecule has 1 N–H and O–H groups in total. The molecule has 3 rings (SSSR count). The van der Waals surface area contributed by atoms with Gasteiger partial charge in [-0.05, 0) is 50.1 Å². The molecule has 1 aliphatic carbocycles. The second kappa shape index (κ2) is 10.3. The molecule has 0 aliphatic heterocycles. The number of para-hydroxylation sites is 1. The quantitative estimate of drug-likeness (QED) is 0.643. The number of halogens is 1. The van der Waals surface area contributed by atoms with Crippen molar-refractivity contribution in [1.82, 2.24) is 5.32 Å². The van der Waals surface area contributed by atoms with Crippen LogP contribution in [0.15, 0.2) is 53.4 Å². The molecular formula is C23H29ClN2O3S. The molecule has 0 unspecified atom stereocenters. The largest absolute Gasteiger partial charge is 0.349 e. The first-order valence-electron chi connectivity index (χ1n) is 10.6. The molecule has 0 aromatic heterocycles. The minimum atomic E-state index is -3.83. The molecule has 0 bridgehead atoms. The summed E-state index contributed by atoms with van der Waals surface area (Å²) in [7, 11) is -3.83. The summed E-state index contributed by atoms with van der Waals surface area (Å²) in [6, 6.07) is 13.4. The van der Waals surface area contributed by atoms with Crippen LogP contribution in [0.1, 0.15) is 62.2 Å². The van der Waals surface area contributed by atoms with Crippen molar-refractivity contribution in [3.05, 3.63) is 59.1 Å². The van der Waals surface area contributed by atoms with E-state index in [0.29, 0.717) is 5.69 Å². The predicted molar refractivity (Wildman–Crippen MR) is 122 cm³/mol. The maximum atomic E-state index is 13.3. The molecule has 0 saturated heterocycles. The Balaban J connectivity index is 1.85. The number of carbonyl (C=O) groups is 1. The van der Waals surface area contributed by atoms with E-state index in [1.807, 2.05) is 6.07 Å². The third-order valence-corrected chi connectivity index (χ3v) is 7.77. The fourth-order valence-corrected chi connectivity index (χ4v) is 5.62. The summed E-state index contributed by atoms with van der Waals surface area (Å²) >= 11 is 6.28. The van der Waals surface area contributed by atoms with Crippen LogP contribution in [0.4, 0.5) is 5.69 Å². The van der Waals surface area contributed by atoms with Crippen molar-refractivity contribution in [1.29, 1.82) is 0 Å². The van der Waals surface area contributed by atoms with Crippen LogP contribution < -0.4 is 9.62 Å². The highest BCUT2D eigenvalue weighted by atomic mass is 35.5. The second-order valence-electron chi connectivity index (χ2n) is 7.66. The van der Waals surface area contributed by atoms with Crippen molar-refractivity contribution in [3.63, 3.8) is 0 Å². The average Bonchev–Trinajstić information content (AvgIpc) is 2.71. The molecule has 0 spiro atoms. The third-order valence-electron chi connectivity index (χ3n) is 5.54. The first kappa shape index (κ1) is 22.6. The van der Waals surface area contributed by atoms with Gasteiger partial charge in [0, 0.05) is 12.6 Å². The van der Waals surface area contributed by atoms with Crippen LogP contribution in [0.5, 0.6) is 0 Å². The van der Waals surface area contributed by atoms with Gasteiger partial charge in [0.15, 0.2) is 0 Å². The number of hydrogen-bond donors (Lipinski definition) is 1. The molecule has 0 heterocycles. The topological polar surface area (TPSA) is 66.5 Å². The average molecular weight is 449 g/mol. The molecular weight excluding hydrogens is 420 g/mol. The van der Waals surface area contributed by atoms with Gasteiger partial charge in [0.05, 0.1) is 21.2 Å². The summed E-state index contributed by atoms with van der Waals surface area (Å²) in [5.41, 5.74) is 0.777. The van der Waals surface area contributed by atoms with Gasteiger partial charge in [0.25, 0.3) is 15.9 Å². The fraction of sp³-hybridized carbons (Fsp3) is 0.435. The van der Waals surface area contributed by atoms with Gasteiger partial charge in [0.1, 0.15) is 0 Å². The highest BCUT2D eigenvalue weighted by Crippen LogP contribution is 2.27. The van der Waals surface area contributed by atoms with Gasteiger partial charge in [-0.2, -0.15) is 0 Å². The molecule has 0 atom stereocenters. The highest BCUT2D eigenvalue weighted by Gasteiger charge is 2.26. The van der Waals surface area contributed by atoms with Gasteiger partial charge >= 0.3 is 0 Å². The number of carbonyl (C=O) groups excluding carboxylic acids is 1. The van der Waals surface area contributed by atoms with E-state index in [2.05, 4.69) is 5.32 Å². The molecule has 2 aromatic rings. The van der Waals surface area contributed by atoms with Crippen LogP contribution in [0.2, 0.25) is 5.02 Å². The third kappa shape index (κ3) is 5.35. The monoisotopic (exact) mass is 448 g/mol. The van der Waals surface area contributed by atoms with E-state index in [0.717, 1.165) is 25.7 Å². The molecule has 7 heteroatoms. The summed E-state index contributed by atoms with van der Waals surface area (Å²) in [5, 5.41) is 3.32. The van der Waals surface area contributed by atoms with Gasteiger partial charge in [0.2, 0.25) is 0 Å². The lowest BCUT2D eigenvalue weighted by Gasteiger charge is -2.24. The van der Waals surface area contributed by atoms with Crippen molar-refractivity contribution < 1.29 is 13.2 Å². The van der Waals surface area contributed by atoms with E-state index >= 15 is 0 Å².